The molecular formula is C26H34ClN3O6S. The Balaban J connectivity index is 1.97. The lowest BCUT2D eigenvalue weighted by Crippen LogP contribution is -2.53. The number of carbonyl (C=O) groups is 2. The molecule has 2 amide bonds. The molecule has 1 heterocycles. The van der Waals surface area contributed by atoms with Crippen LogP contribution < -0.4 is 19.1 Å². The zero-order valence-electron chi connectivity index (χ0n) is 21.6. The topological polar surface area (TPSA) is 105 Å². The highest BCUT2D eigenvalue weighted by Crippen LogP contribution is 2.35. The van der Waals surface area contributed by atoms with Crippen LogP contribution in [0.2, 0.25) is 5.02 Å². The number of amides is 2. The van der Waals surface area contributed by atoms with E-state index >= 15 is 0 Å². The van der Waals surface area contributed by atoms with E-state index in [1.807, 2.05) is 20.8 Å². The molecule has 0 saturated carbocycles. The van der Waals surface area contributed by atoms with Crippen molar-refractivity contribution in [1.29, 1.82) is 0 Å². The van der Waals surface area contributed by atoms with Gasteiger partial charge >= 0.3 is 0 Å². The average molecular weight is 552 g/mol. The summed E-state index contributed by atoms with van der Waals surface area (Å²) in [6.07, 6.45) is 0.350. The van der Waals surface area contributed by atoms with Gasteiger partial charge in [0.2, 0.25) is 21.8 Å². The molecule has 37 heavy (non-hydrogen) atoms. The molecule has 0 radical (unpaired) electrons. The molecule has 0 spiro atoms. The van der Waals surface area contributed by atoms with E-state index in [2.05, 4.69) is 5.32 Å². The van der Waals surface area contributed by atoms with Crippen molar-refractivity contribution in [2.45, 2.75) is 52.7 Å². The monoisotopic (exact) mass is 551 g/mol. The minimum absolute atomic E-state index is 0.112. The van der Waals surface area contributed by atoms with Crippen LogP contribution in [0.4, 0.5) is 5.69 Å². The van der Waals surface area contributed by atoms with E-state index in [-0.39, 0.29) is 29.9 Å². The van der Waals surface area contributed by atoms with E-state index in [4.69, 9.17) is 21.1 Å². The molecule has 3 rings (SSSR count). The van der Waals surface area contributed by atoms with E-state index < -0.39 is 28.5 Å². The lowest BCUT2D eigenvalue weighted by Gasteiger charge is -2.33. The molecule has 9 nitrogen and oxygen atoms in total. The predicted octanol–water partition coefficient (Wildman–Crippen LogP) is 3.60. The molecule has 1 N–H and O–H groups in total. The first-order chi connectivity index (χ1) is 17.6. The number of nitrogens with zero attached hydrogens (tertiary/aromatic N) is 2. The number of fused-ring (bicyclic) bond motifs is 1. The second-order valence-electron chi connectivity index (χ2n) is 8.97. The molecule has 1 aliphatic heterocycles. The van der Waals surface area contributed by atoms with E-state index in [1.165, 1.54) is 11.8 Å². The Morgan fingerprint density at radius 3 is 2.27 bits per heavy atom. The summed E-state index contributed by atoms with van der Waals surface area (Å²) in [6.45, 7) is 7.39. The van der Waals surface area contributed by atoms with Crippen molar-refractivity contribution in [2.75, 3.05) is 29.8 Å². The Labute approximate surface area is 223 Å². The summed E-state index contributed by atoms with van der Waals surface area (Å²) >= 11 is 6.02. The molecule has 202 valence electrons. The van der Waals surface area contributed by atoms with Gasteiger partial charge in [0, 0.05) is 23.7 Å². The van der Waals surface area contributed by atoms with Crippen molar-refractivity contribution in [3.05, 3.63) is 53.1 Å². The summed E-state index contributed by atoms with van der Waals surface area (Å²) in [5.74, 6) is -0.0994. The van der Waals surface area contributed by atoms with Gasteiger partial charge in [0.15, 0.2) is 11.5 Å². The van der Waals surface area contributed by atoms with Gasteiger partial charge < -0.3 is 19.7 Å². The third-order valence-corrected chi connectivity index (χ3v) is 7.87. The van der Waals surface area contributed by atoms with Crippen LogP contribution in [0, 0.1) is 0 Å². The van der Waals surface area contributed by atoms with Crippen LogP contribution >= 0.6 is 11.6 Å². The van der Waals surface area contributed by atoms with Crippen molar-refractivity contribution < 1.29 is 27.5 Å². The zero-order chi connectivity index (χ0) is 27.2. The molecular weight excluding hydrogens is 518 g/mol. The highest BCUT2D eigenvalue weighted by atomic mass is 35.5. The van der Waals surface area contributed by atoms with Gasteiger partial charge in [0.1, 0.15) is 25.8 Å². The average Bonchev–Trinajstić information content (AvgIpc) is 2.87. The van der Waals surface area contributed by atoms with Gasteiger partial charge in [-0.05, 0) is 57.0 Å². The van der Waals surface area contributed by atoms with Crippen LogP contribution in [0.25, 0.3) is 0 Å². The van der Waals surface area contributed by atoms with Gasteiger partial charge in [0.25, 0.3) is 0 Å². The molecule has 0 saturated heterocycles. The minimum atomic E-state index is -3.85. The molecule has 0 aromatic heterocycles. The number of halogens is 1. The Kier molecular flexibility index (Phi) is 9.67. The number of ether oxygens (including phenoxy) is 2. The first-order valence-corrected chi connectivity index (χ1v) is 14.3. The van der Waals surface area contributed by atoms with Crippen molar-refractivity contribution in [2.24, 2.45) is 0 Å². The van der Waals surface area contributed by atoms with E-state index in [0.717, 1.165) is 9.87 Å². The maximum absolute atomic E-state index is 13.8. The Hall–Kier alpha value is -2.98. The van der Waals surface area contributed by atoms with Crippen LogP contribution in [0.1, 0.15) is 39.7 Å². The molecule has 1 aliphatic rings. The van der Waals surface area contributed by atoms with E-state index in [1.54, 1.807) is 42.5 Å². The molecule has 0 aliphatic carbocycles. The first-order valence-electron chi connectivity index (χ1n) is 12.3. The molecule has 1 atom stereocenters. The molecule has 0 unspecified atom stereocenters. The lowest BCUT2D eigenvalue weighted by molar-refractivity contribution is -0.140. The van der Waals surface area contributed by atoms with Crippen LogP contribution in [0.15, 0.2) is 42.5 Å². The number of rotatable bonds is 11. The van der Waals surface area contributed by atoms with Gasteiger partial charge in [-0.1, -0.05) is 30.7 Å². The normalized spacial score (nSPS) is 13.7. The maximum Gasteiger partial charge on any atom is 0.244 e. The van der Waals surface area contributed by atoms with Gasteiger partial charge in [-0.15, -0.1) is 0 Å². The van der Waals surface area contributed by atoms with Crippen molar-refractivity contribution in [3.63, 3.8) is 0 Å². The predicted molar refractivity (Wildman–Crippen MR) is 144 cm³/mol. The standard InChI is InChI=1S/C26H34ClN3O6S/c1-5-22(26(32)28-18(3)4)29(16-19-7-9-20(27)10-8-19)25(31)17-30(37(33,34)6-2)21-11-12-23-24(15-21)36-14-13-35-23/h7-12,15,18,22H,5-6,13-14,16-17H2,1-4H3,(H,28,32)/t22-/m1/s1. The van der Waals surface area contributed by atoms with Gasteiger partial charge in [-0.25, -0.2) is 8.42 Å². The van der Waals surface area contributed by atoms with E-state index in [0.29, 0.717) is 36.2 Å². The third-order valence-electron chi connectivity index (χ3n) is 5.88. The number of benzene rings is 2. The molecule has 2 aromatic rings. The summed E-state index contributed by atoms with van der Waals surface area (Å²) in [5.41, 5.74) is 1.04. The maximum atomic E-state index is 13.8. The first kappa shape index (κ1) is 28.6. The fraction of sp³-hybridized carbons (Fsp3) is 0.462. The molecule has 11 heteroatoms. The van der Waals surface area contributed by atoms with Gasteiger partial charge in [-0.2, -0.15) is 0 Å². The Morgan fingerprint density at radius 2 is 1.68 bits per heavy atom. The number of nitrogens with one attached hydrogen (secondary N) is 1. The summed E-state index contributed by atoms with van der Waals surface area (Å²) in [6, 6.07) is 10.8. The number of anilines is 1. The lowest BCUT2D eigenvalue weighted by atomic mass is 10.1. The number of sulfonamides is 1. The smallest absolute Gasteiger partial charge is 0.244 e. The van der Waals surface area contributed by atoms with Crippen LogP contribution in [0.5, 0.6) is 11.5 Å². The quantitative estimate of drug-likeness (QED) is 0.457. The summed E-state index contributed by atoms with van der Waals surface area (Å²) < 4.78 is 38.5. The zero-order valence-corrected chi connectivity index (χ0v) is 23.1. The van der Waals surface area contributed by atoms with Crippen LogP contribution in [0.3, 0.4) is 0 Å². The number of hydrogen-bond donors (Lipinski definition) is 1. The highest BCUT2D eigenvalue weighted by molar-refractivity contribution is 7.92. The molecule has 0 bridgehead atoms. The molecule has 2 aromatic carbocycles. The molecule has 0 fully saturated rings. The fourth-order valence-corrected chi connectivity index (χ4v) is 5.17. The third kappa shape index (κ3) is 7.29. The number of carbonyl (C=O) groups excluding carboxylic acids is 2. The van der Waals surface area contributed by atoms with Gasteiger partial charge in [0.05, 0.1) is 11.4 Å². The highest BCUT2D eigenvalue weighted by Gasteiger charge is 2.33. The van der Waals surface area contributed by atoms with Gasteiger partial charge in [-0.3, -0.25) is 13.9 Å². The summed E-state index contributed by atoms with van der Waals surface area (Å²) in [7, 11) is -3.85. The van der Waals surface area contributed by atoms with Crippen molar-refractivity contribution in [1.82, 2.24) is 10.2 Å². The van der Waals surface area contributed by atoms with Crippen molar-refractivity contribution in [3.8, 4) is 11.5 Å². The second-order valence-corrected chi connectivity index (χ2v) is 11.6. The summed E-state index contributed by atoms with van der Waals surface area (Å²) in [4.78, 5) is 28.3. The number of hydrogen-bond acceptors (Lipinski definition) is 6. The van der Waals surface area contributed by atoms with Crippen LogP contribution in [-0.4, -0.2) is 62.7 Å². The summed E-state index contributed by atoms with van der Waals surface area (Å²) in [5, 5.41) is 3.41. The Morgan fingerprint density at radius 1 is 1.03 bits per heavy atom. The van der Waals surface area contributed by atoms with Crippen molar-refractivity contribution >= 4 is 39.1 Å². The minimum Gasteiger partial charge on any atom is -0.486 e. The van der Waals surface area contributed by atoms with Crippen LogP contribution in [-0.2, 0) is 26.2 Å². The largest absolute Gasteiger partial charge is 0.486 e. The second kappa shape index (κ2) is 12.5. The fourth-order valence-electron chi connectivity index (χ4n) is 3.99. The van der Waals surface area contributed by atoms with E-state index in [9.17, 15) is 18.0 Å². The SMILES string of the molecule is CC[C@H](C(=O)NC(C)C)N(Cc1ccc(Cl)cc1)C(=O)CN(c1ccc2c(c1)OCCO2)S(=O)(=O)CC. The Bertz CT molecular complexity index is 1200.